The minimum Gasteiger partial charge on any atom is -0.493 e. The van der Waals surface area contributed by atoms with Crippen molar-refractivity contribution >= 4 is 39.4 Å². The van der Waals surface area contributed by atoms with Crippen LogP contribution < -0.4 is 19.7 Å². The Morgan fingerprint density at radius 2 is 1.79 bits per heavy atom. The fraction of sp³-hybridized carbons (Fsp3) is 0.467. The summed E-state index contributed by atoms with van der Waals surface area (Å²) >= 11 is 1.59. The van der Waals surface area contributed by atoms with Gasteiger partial charge in [-0.1, -0.05) is 31.0 Å². The van der Waals surface area contributed by atoms with Gasteiger partial charge in [0.25, 0.3) is 0 Å². The quantitative estimate of drug-likeness (QED) is 0.387. The van der Waals surface area contributed by atoms with Crippen LogP contribution in [0.3, 0.4) is 0 Å². The van der Waals surface area contributed by atoms with E-state index in [0.717, 1.165) is 50.6 Å². The summed E-state index contributed by atoms with van der Waals surface area (Å²) in [7, 11) is 3.23. The summed E-state index contributed by atoms with van der Waals surface area (Å²) in [6.07, 6.45) is 8.41. The first-order chi connectivity index (χ1) is 18.6. The van der Waals surface area contributed by atoms with Gasteiger partial charge in [-0.05, 0) is 72.1 Å². The third-order valence-electron chi connectivity index (χ3n) is 7.96. The van der Waals surface area contributed by atoms with Crippen LogP contribution in [0.5, 0.6) is 11.5 Å². The molecule has 5 rings (SSSR count). The molecule has 202 valence electrons. The lowest BCUT2D eigenvalue weighted by atomic mass is 9.78. The number of ether oxygens (including phenoxy) is 2. The topological polar surface area (TPSA) is 66.9 Å². The van der Waals surface area contributed by atoms with Crippen molar-refractivity contribution in [3.63, 3.8) is 0 Å². The normalized spacial score (nSPS) is 20.6. The van der Waals surface area contributed by atoms with Gasteiger partial charge in [0.1, 0.15) is 5.82 Å². The van der Waals surface area contributed by atoms with E-state index in [1.54, 1.807) is 31.8 Å². The lowest BCUT2D eigenvalue weighted by Crippen LogP contribution is -2.49. The molecule has 0 radical (unpaired) electrons. The molecule has 0 unspecified atom stereocenters. The molecule has 2 atom stereocenters. The maximum Gasteiger partial charge on any atom is 0.244 e. The molecule has 1 saturated heterocycles. The molecule has 1 saturated carbocycles. The summed E-state index contributed by atoms with van der Waals surface area (Å²) in [5, 5.41) is 4.44. The molecule has 1 aliphatic heterocycles. The summed E-state index contributed by atoms with van der Waals surface area (Å²) < 4.78 is 16.7. The summed E-state index contributed by atoms with van der Waals surface area (Å²) in [5.41, 5.74) is 0.901. The van der Waals surface area contributed by atoms with Gasteiger partial charge in [0.05, 0.1) is 18.9 Å². The number of hydrogen-bond acceptors (Lipinski definition) is 7. The van der Waals surface area contributed by atoms with Crippen molar-refractivity contribution < 1.29 is 14.3 Å². The minimum absolute atomic E-state index is 0.0480. The van der Waals surface area contributed by atoms with E-state index in [2.05, 4.69) is 39.4 Å². The van der Waals surface area contributed by atoms with Crippen molar-refractivity contribution in [2.75, 3.05) is 58.4 Å². The molecule has 1 amide bonds. The molecule has 8 heteroatoms. The van der Waals surface area contributed by atoms with E-state index in [1.807, 2.05) is 24.3 Å². The van der Waals surface area contributed by atoms with Crippen LogP contribution in [0.25, 0.3) is 16.2 Å². The summed E-state index contributed by atoms with van der Waals surface area (Å²) in [6.45, 7) is 6.02. The number of carbonyl (C=O) groups excluding carboxylic acids is 1. The zero-order valence-electron chi connectivity index (χ0n) is 22.4. The van der Waals surface area contributed by atoms with E-state index in [-0.39, 0.29) is 5.91 Å². The lowest BCUT2D eigenvalue weighted by Gasteiger charge is -2.40. The number of fused-ring (bicyclic) bond motifs is 1. The van der Waals surface area contributed by atoms with Gasteiger partial charge in [-0.3, -0.25) is 9.69 Å². The molecule has 2 aromatic carbocycles. The lowest BCUT2D eigenvalue weighted by molar-refractivity contribution is -0.116. The Morgan fingerprint density at radius 3 is 2.58 bits per heavy atom. The molecular formula is C30H38N4O3S. The Bertz CT molecular complexity index is 1250. The number of amides is 1. The average Bonchev–Trinajstić information content (AvgIpc) is 3.40. The second kappa shape index (κ2) is 12.6. The number of rotatable bonds is 9. The standard InChI is InChI=1S/C30H38N4O3S/c1-36-26-13-11-22(19-27(26)37-2)12-14-29(35)31-20-23-7-3-4-8-24(23)21-33-15-17-34(18-16-33)30-25-9-5-6-10-28(25)38-32-30/h5-6,9-14,19,23-24H,3-4,7-8,15-18,20-21H2,1-2H3,(H,31,35)/b14-12+/t23-,24-/m1/s1. The van der Waals surface area contributed by atoms with Crippen LogP contribution in [0, 0.1) is 11.8 Å². The number of nitrogens with zero attached hydrogens (tertiary/aromatic N) is 3. The Labute approximate surface area is 229 Å². The second-order valence-corrected chi connectivity index (χ2v) is 11.1. The van der Waals surface area contributed by atoms with Crippen molar-refractivity contribution in [1.29, 1.82) is 0 Å². The predicted molar refractivity (Wildman–Crippen MR) is 155 cm³/mol. The summed E-state index contributed by atoms with van der Waals surface area (Å²) in [5.74, 6) is 3.59. The number of anilines is 1. The molecule has 7 nitrogen and oxygen atoms in total. The van der Waals surface area contributed by atoms with Crippen LogP contribution in [-0.2, 0) is 4.79 Å². The molecule has 1 aliphatic carbocycles. The van der Waals surface area contributed by atoms with Crippen molar-refractivity contribution in [3.8, 4) is 11.5 Å². The highest BCUT2D eigenvalue weighted by Crippen LogP contribution is 2.33. The average molecular weight is 535 g/mol. The zero-order chi connectivity index (χ0) is 26.3. The predicted octanol–water partition coefficient (Wildman–Crippen LogP) is 5.07. The van der Waals surface area contributed by atoms with Gasteiger partial charge in [-0.15, -0.1) is 0 Å². The molecule has 2 aliphatic rings. The molecule has 38 heavy (non-hydrogen) atoms. The van der Waals surface area contributed by atoms with Crippen LogP contribution in [0.15, 0.2) is 48.5 Å². The highest BCUT2D eigenvalue weighted by molar-refractivity contribution is 7.13. The largest absolute Gasteiger partial charge is 0.493 e. The van der Waals surface area contributed by atoms with E-state index in [9.17, 15) is 4.79 Å². The molecular weight excluding hydrogens is 496 g/mol. The maximum atomic E-state index is 12.6. The zero-order valence-corrected chi connectivity index (χ0v) is 23.2. The third kappa shape index (κ3) is 6.30. The van der Waals surface area contributed by atoms with E-state index >= 15 is 0 Å². The summed E-state index contributed by atoms with van der Waals surface area (Å²) in [6, 6.07) is 14.2. The number of nitrogens with one attached hydrogen (secondary N) is 1. The molecule has 0 bridgehead atoms. The van der Waals surface area contributed by atoms with Crippen LogP contribution in [0.4, 0.5) is 5.82 Å². The first kappa shape index (κ1) is 26.5. The van der Waals surface area contributed by atoms with Crippen molar-refractivity contribution in [1.82, 2.24) is 14.6 Å². The number of methoxy groups -OCH3 is 2. The number of piperazine rings is 1. The van der Waals surface area contributed by atoms with Crippen LogP contribution in [0.2, 0.25) is 0 Å². The highest BCUT2D eigenvalue weighted by atomic mass is 32.1. The van der Waals surface area contributed by atoms with Crippen molar-refractivity contribution in [2.24, 2.45) is 11.8 Å². The first-order valence-electron chi connectivity index (χ1n) is 13.6. The van der Waals surface area contributed by atoms with Gasteiger partial charge in [-0.2, -0.15) is 4.37 Å². The summed E-state index contributed by atoms with van der Waals surface area (Å²) in [4.78, 5) is 17.7. The van der Waals surface area contributed by atoms with E-state index in [4.69, 9.17) is 13.8 Å². The second-order valence-electron chi connectivity index (χ2n) is 10.3. The Kier molecular flexibility index (Phi) is 8.81. The van der Waals surface area contributed by atoms with Gasteiger partial charge in [0.15, 0.2) is 11.5 Å². The van der Waals surface area contributed by atoms with E-state index in [1.165, 1.54) is 35.8 Å². The third-order valence-corrected chi connectivity index (χ3v) is 8.78. The van der Waals surface area contributed by atoms with E-state index in [0.29, 0.717) is 23.3 Å². The highest BCUT2D eigenvalue weighted by Gasteiger charge is 2.29. The van der Waals surface area contributed by atoms with Gasteiger partial charge in [0, 0.05) is 50.7 Å². The molecule has 3 aromatic rings. The Balaban J connectivity index is 1.11. The van der Waals surface area contributed by atoms with Crippen LogP contribution in [0.1, 0.15) is 31.2 Å². The maximum absolute atomic E-state index is 12.6. The van der Waals surface area contributed by atoms with Crippen molar-refractivity contribution in [3.05, 3.63) is 54.1 Å². The molecule has 2 heterocycles. The minimum atomic E-state index is -0.0480. The van der Waals surface area contributed by atoms with Gasteiger partial charge < -0.3 is 19.7 Å². The van der Waals surface area contributed by atoms with Crippen molar-refractivity contribution in [2.45, 2.75) is 25.7 Å². The smallest absolute Gasteiger partial charge is 0.244 e. The Hall–Kier alpha value is -3.10. The number of carbonyl (C=O) groups is 1. The van der Waals surface area contributed by atoms with Gasteiger partial charge in [-0.25, -0.2) is 0 Å². The van der Waals surface area contributed by atoms with Crippen LogP contribution in [-0.4, -0.2) is 68.7 Å². The number of benzene rings is 2. The number of aromatic nitrogens is 1. The van der Waals surface area contributed by atoms with Gasteiger partial charge in [0.2, 0.25) is 5.91 Å². The molecule has 1 aromatic heterocycles. The Morgan fingerprint density at radius 1 is 1.03 bits per heavy atom. The molecule has 0 spiro atoms. The molecule has 2 fully saturated rings. The van der Waals surface area contributed by atoms with Gasteiger partial charge >= 0.3 is 0 Å². The fourth-order valence-electron chi connectivity index (χ4n) is 5.79. The molecule has 1 N–H and O–H groups in total. The SMILES string of the molecule is COc1ccc(/C=C/C(=O)NC[C@H]2CCCC[C@@H]2CN2CCN(c3nsc4ccccc34)CC2)cc1OC. The fourth-order valence-corrected chi connectivity index (χ4v) is 6.58. The monoisotopic (exact) mass is 534 g/mol. The number of hydrogen-bond donors (Lipinski definition) is 1. The first-order valence-corrected chi connectivity index (χ1v) is 14.4. The van der Waals surface area contributed by atoms with Crippen LogP contribution >= 0.6 is 11.5 Å². The van der Waals surface area contributed by atoms with E-state index < -0.39 is 0 Å².